The van der Waals surface area contributed by atoms with Gasteiger partial charge in [0.05, 0.1) is 12.5 Å². The first-order chi connectivity index (χ1) is 8.99. The summed E-state index contributed by atoms with van der Waals surface area (Å²) in [7, 11) is 0. The maximum Gasteiger partial charge on any atom is 0.393 e. The van der Waals surface area contributed by atoms with Crippen LogP contribution in [0, 0.1) is 5.92 Å². The van der Waals surface area contributed by atoms with E-state index in [4.69, 9.17) is 0 Å². The van der Waals surface area contributed by atoms with Crippen LogP contribution >= 0.6 is 11.3 Å². The van der Waals surface area contributed by atoms with Gasteiger partial charge in [-0.3, -0.25) is 4.90 Å². The molecule has 0 amide bonds. The quantitative estimate of drug-likeness (QED) is 0.927. The van der Waals surface area contributed by atoms with Gasteiger partial charge in [-0.15, -0.1) is 10.2 Å². The molecule has 8 heteroatoms. The number of anilines is 1. The first-order valence-corrected chi connectivity index (χ1v) is 7.16. The third-order valence-electron chi connectivity index (χ3n) is 3.12. The molecule has 1 aliphatic heterocycles. The van der Waals surface area contributed by atoms with Gasteiger partial charge in [0.15, 0.2) is 0 Å². The number of piperidine rings is 1. The molecule has 0 bridgehead atoms. The van der Waals surface area contributed by atoms with Crippen molar-refractivity contribution in [3.63, 3.8) is 0 Å². The number of hydrogen-bond donors (Lipinski definition) is 1. The van der Waals surface area contributed by atoms with E-state index in [2.05, 4.69) is 15.5 Å². The number of nitrogens with one attached hydrogen (secondary N) is 1. The molecule has 1 N–H and O–H groups in total. The monoisotopic (exact) mass is 294 g/mol. The predicted octanol–water partition coefficient (Wildman–Crippen LogP) is 2.74. The third kappa shape index (κ3) is 4.04. The maximum absolute atomic E-state index is 12.7. The van der Waals surface area contributed by atoms with Crippen molar-refractivity contribution in [3.8, 4) is 0 Å². The number of nitrogens with zero attached hydrogens (tertiary/aromatic N) is 3. The molecule has 0 aliphatic carbocycles. The summed E-state index contributed by atoms with van der Waals surface area (Å²) in [5, 5.41) is 12.5. The summed E-state index contributed by atoms with van der Waals surface area (Å²) in [4.78, 5) is 1.82. The Morgan fingerprint density at radius 2 is 2.21 bits per heavy atom. The molecule has 108 valence electrons. The zero-order valence-corrected chi connectivity index (χ0v) is 11.5. The summed E-state index contributed by atoms with van der Waals surface area (Å²) < 4.78 is 38.1. The lowest BCUT2D eigenvalue weighted by atomic mass is 9.98. The zero-order valence-electron chi connectivity index (χ0n) is 10.7. The van der Waals surface area contributed by atoms with Crippen molar-refractivity contribution in [1.82, 2.24) is 15.1 Å². The van der Waals surface area contributed by atoms with Crippen molar-refractivity contribution in [2.24, 2.45) is 5.92 Å². The summed E-state index contributed by atoms with van der Waals surface area (Å²) in [6.07, 6.45) is -3.27. The van der Waals surface area contributed by atoms with Crippen LogP contribution in [0.1, 0.15) is 24.8 Å². The molecule has 0 spiro atoms. The van der Waals surface area contributed by atoms with E-state index in [0.717, 1.165) is 16.7 Å². The first-order valence-electron chi connectivity index (χ1n) is 6.34. The fourth-order valence-electron chi connectivity index (χ4n) is 2.20. The van der Waals surface area contributed by atoms with Gasteiger partial charge >= 0.3 is 6.18 Å². The van der Waals surface area contributed by atoms with Gasteiger partial charge in [0.1, 0.15) is 5.01 Å². The van der Waals surface area contributed by atoms with Crippen molar-refractivity contribution in [2.45, 2.75) is 32.5 Å². The summed E-state index contributed by atoms with van der Waals surface area (Å²) in [6, 6.07) is 0. The second kappa shape index (κ2) is 6.04. The van der Waals surface area contributed by atoms with E-state index in [1.165, 1.54) is 11.3 Å². The van der Waals surface area contributed by atoms with Gasteiger partial charge in [0.25, 0.3) is 0 Å². The number of hydrogen-bond acceptors (Lipinski definition) is 5. The van der Waals surface area contributed by atoms with E-state index in [9.17, 15) is 13.2 Å². The average molecular weight is 294 g/mol. The largest absolute Gasteiger partial charge is 0.393 e. The van der Waals surface area contributed by atoms with Gasteiger partial charge in [-0.2, -0.15) is 13.2 Å². The second-order valence-electron chi connectivity index (χ2n) is 4.65. The molecule has 0 saturated carbocycles. The smallest absolute Gasteiger partial charge is 0.360 e. The van der Waals surface area contributed by atoms with Crippen LogP contribution in [-0.2, 0) is 6.54 Å². The van der Waals surface area contributed by atoms with Crippen molar-refractivity contribution in [1.29, 1.82) is 0 Å². The Labute approximate surface area is 114 Å². The molecule has 1 aliphatic rings. The van der Waals surface area contributed by atoms with E-state index < -0.39 is 12.1 Å². The Balaban J connectivity index is 1.91. The topological polar surface area (TPSA) is 41.1 Å². The number of likely N-dealkylation sites (tertiary alicyclic amines) is 1. The summed E-state index contributed by atoms with van der Waals surface area (Å²) in [5.41, 5.74) is 0. The summed E-state index contributed by atoms with van der Waals surface area (Å²) in [6.45, 7) is 3.94. The van der Waals surface area contributed by atoms with Gasteiger partial charge in [-0.05, 0) is 26.3 Å². The van der Waals surface area contributed by atoms with Crippen LogP contribution < -0.4 is 5.32 Å². The molecular weight excluding hydrogens is 277 g/mol. The van der Waals surface area contributed by atoms with Gasteiger partial charge in [0.2, 0.25) is 5.13 Å². The summed E-state index contributed by atoms with van der Waals surface area (Å²) in [5.74, 6) is -1.21. The van der Waals surface area contributed by atoms with Gasteiger partial charge in [-0.1, -0.05) is 11.3 Å². The molecule has 2 rings (SSSR count). The highest BCUT2D eigenvalue weighted by Crippen LogP contribution is 2.33. The SMILES string of the molecule is CCNc1nnc(CN2CCCC(C(F)(F)F)C2)s1. The molecule has 0 aromatic carbocycles. The molecule has 4 nitrogen and oxygen atoms in total. The minimum atomic E-state index is -4.09. The molecule has 1 unspecified atom stereocenters. The van der Waals surface area contributed by atoms with Gasteiger partial charge in [0, 0.05) is 13.1 Å². The Bertz CT molecular complexity index is 407. The van der Waals surface area contributed by atoms with E-state index >= 15 is 0 Å². The van der Waals surface area contributed by atoms with Gasteiger partial charge < -0.3 is 5.32 Å². The Morgan fingerprint density at radius 3 is 2.89 bits per heavy atom. The van der Waals surface area contributed by atoms with E-state index in [1.54, 1.807) is 0 Å². The minimum Gasteiger partial charge on any atom is -0.360 e. The predicted molar refractivity (Wildman–Crippen MR) is 68.1 cm³/mol. The molecule has 1 fully saturated rings. The highest BCUT2D eigenvalue weighted by atomic mass is 32.1. The zero-order chi connectivity index (χ0) is 13.9. The molecule has 2 heterocycles. The number of aromatic nitrogens is 2. The van der Waals surface area contributed by atoms with E-state index in [1.807, 2.05) is 11.8 Å². The Kier molecular flexibility index (Phi) is 4.62. The average Bonchev–Trinajstić information content (AvgIpc) is 2.76. The molecule has 1 saturated heterocycles. The van der Waals surface area contributed by atoms with Crippen LogP contribution in [0.4, 0.5) is 18.3 Å². The fraction of sp³-hybridized carbons (Fsp3) is 0.818. The molecule has 1 atom stereocenters. The lowest BCUT2D eigenvalue weighted by Crippen LogP contribution is -2.41. The standard InChI is InChI=1S/C11H17F3N4S/c1-2-15-10-17-16-9(19-10)7-18-5-3-4-8(6-18)11(12,13)14/h8H,2-7H2,1H3,(H,15,17). The summed E-state index contributed by atoms with van der Waals surface area (Å²) >= 11 is 1.40. The first kappa shape index (κ1) is 14.5. The van der Waals surface area contributed by atoms with Crippen molar-refractivity contribution < 1.29 is 13.2 Å². The lowest BCUT2D eigenvalue weighted by Gasteiger charge is -2.32. The molecule has 19 heavy (non-hydrogen) atoms. The number of rotatable bonds is 4. The maximum atomic E-state index is 12.7. The van der Waals surface area contributed by atoms with Crippen LogP contribution in [0.3, 0.4) is 0 Å². The van der Waals surface area contributed by atoms with E-state index in [0.29, 0.717) is 19.5 Å². The molecule has 1 aromatic rings. The van der Waals surface area contributed by atoms with E-state index in [-0.39, 0.29) is 13.0 Å². The van der Waals surface area contributed by atoms with Crippen molar-refractivity contribution in [3.05, 3.63) is 5.01 Å². The van der Waals surface area contributed by atoms with Gasteiger partial charge in [-0.25, -0.2) is 0 Å². The Hall–Kier alpha value is -0.890. The highest BCUT2D eigenvalue weighted by molar-refractivity contribution is 7.15. The Morgan fingerprint density at radius 1 is 1.42 bits per heavy atom. The normalized spacial score (nSPS) is 21.6. The number of alkyl halides is 3. The minimum absolute atomic E-state index is 0.0691. The second-order valence-corrected chi connectivity index (χ2v) is 5.71. The van der Waals surface area contributed by atoms with Crippen LogP contribution in [0.2, 0.25) is 0 Å². The molecular formula is C11H17F3N4S. The third-order valence-corrected chi connectivity index (χ3v) is 3.99. The number of halogens is 3. The molecule has 0 radical (unpaired) electrons. The van der Waals surface area contributed by atoms with Crippen LogP contribution in [0.5, 0.6) is 0 Å². The van der Waals surface area contributed by atoms with Crippen LogP contribution in [-0.4, -0.2) is 40.9 Å². The van der Waals surface area contributed by atoms with Crippen molar-refractivity contribution >= 4 is 16.5 Å². The van der Waals surface area contributed by atoms with Crippen molar-refractivity contribution in [2.75, 3.05) is 25.0 Å². The lowest BCUT2D eigenvalue weighted by molar-refractivity contribution is -0.187. The highest BCUT2D eigenvalue weighted by Gasteiger charge is 2.41. The molecule has 1 aromatic heterocycles. The van der Waals surface area contributed by atoms with Crippen LogP contribution in [0.15, 0.2) is 0 Å². The fourth-order valence-corrected chi connectivity index (χ4v) is 3.05. The van der Waals surface area contributed by atoms with Crippen LogP contribution in [0.25, 0.3) is 0 Å².